The molecule has 1 N–H and O–H groups in total. The Hall–Kier alpha value is -0.940. The highest BCUT2D eigenvalue weighted by atomic mass is 35.5. The van der Waals surface area contributed by atoms with Crippen molar-refractivity contribution in [3.63, 3.8) is 0 Å². The molecule has 4 nitrogen and oxygen atoms in total. The van der Waals surface area contributed by atoms with Gasteiger partial charge in [-0.1, -0.05) is 11.6 Å². The summed E-state index contributed by atoms with van der Waals surface area (Å²) in [6.45, 7) is 5.57. The van der Waals surface area contributed by atoms with Crippen LogP contribution in [0.15, 0.2) is 12.1 Å². The molecule has 1 aromatic heterocycles. The lowest BCUT2D eigenvalue weighted by Crippen LogP contribution is -2.44. The molecule has 0 saturated carbocycles. The van der Waals surface area contributed by atoms with Gasteiger partial charge in [-0.05, 0) is 26.0 Å². The molecule has 1 atom stereocenters. The lowest BCUT2D eigenvalue weighted by Gasteiger charge is -2.33. The molecule has 1 fully saturated rings. The molecule has 1 aromatic rings. The van der Waals surface area contributed by atoms with Crippen molar-refractivity contribution in [2.24, 2.45) is 0 Å². The Labute approximate surface area is 122 Å². The van der Waals surface area contributed by atoms with Gasteiger partial charge in [0.05, 0.1) is 5.02 Å². The highest BCUT2D eigenvalue weighted by Gasteiger charge is 2.27. The molecule has 0 radical (unpaired) electrons. The predicted octanol–water partition coefficient (Wildman–Crippen LogP) is 2.74. The summed E-state index contributed by atoms with van der Waals surface area (Å²) in [7, 11) is 0. The van der Waals surface area contributed by atoms with Crippen LogP contribution in [-0.4, -0.2) is 46.4 Å². The number of halogens is 1. The maximum Gasteiger partial charge on any atom is 0.274 e. The fourth-order valence-corrected chi connectivity index (χ4v) is 3.24. The Kier molecular flexibility index (Phi) is 4.93. The Morgan fingerprint density at radius 3 is 3.11 bits per heavy atom. The van der Waals surface area contributed by atoms with Crippen molar-refractivity contribution in [1.29, 1.82) is 0 Å². The number of hydrogen-bond acceptors (Lipinski definition) is 4. The second-order valence-electron chi connectivity index (χ2n) is 4.48. The van der Waals surface area contributed by atoms with Gasteiger partial charge in [-0.3, -0.25) is 4.79 Å². The van der Waals surface area contributed by atoms with Gasteiger partial charge in [0.25, 0.3) is 5.91 Å². The number of amides is 1. The zero-order valence-electron chi connectivity index (χ0n) is 11.1. The van der Waals surface area contributed by atoms with Gasteiger partial charge in [-0.15, -0.1) is 0 Å². The number of aromatic nitrogens is 1. The second-order valence-corrected chi connectivity index (χ2v) is 6.04. The molecule has 1 saturated heterocycles. The van der Waals surface area contributed by atoms with Crippen molar-refractivity contribution in [3.05, 3.63) is 22.8 Å². The maximum absolute atomic E-state index is 12.5. The minimum atomic E-state index is -0.0717. The fraction of sp³-hybridized carbons (Fsp3) is 0.538. The number of pyridine rings is 1. The third kappa shape index (κ3) is 3.34. The zero-order valence-corrected chi connectivity index (χ0v) is 12.7. The van der Waals surface area contributed by atoms with Gasteiger partial charge in [-0.25, -0.2) is 4.98 Å². The standard InChI is InChI=1S/C13H18ClN3OS/c1-3-15-11-5-4-10(14)12(16-11)13(18)17-6-7-19-8-9(17)2/h4-5,9H,3,6-8H2,1-2H3,(H,15,16). The third-order valence-corrected chi connectivity index (χ3v) is 4.53. The first-order chi connectivity index (χ1) is 9.13. The van der Waals surface area contributed by atoms with E-state index in [4.69, 9.17) is 11.6 Å². The van der Waals surface area contributed by atoms with Crippen molar-refractivity contribution in [2.75, 3.05) is 29.9 Å². The number of hydrogen-bond donors (Lipinski definition) is 1. The van der Waals surface area contributed by atoms with Crippen LogP contribution in [0.5, 0.6) is 0 Å². The van der Waals surface area contributed by atoms with Crippen molar-refractivity contribution in [3.8, 4) is 0 Å². The monoisotopic (exact) mass is 299 g/mol. The quantitative estimate of drug-likeness (QED) is 0.932. The lowest BCUT2D eigenvalue weighted by molar-refractivity contribution is 0.0710. The number of carbonyl (C=O) groups excluding carboxylic acids is 1. The van der Waals surface area contributed by atoms with Gasteiger partial charge in [0, 0.05) is 30.6 Å². The maximum atomic E-state index is 12.5. The Balaban J connectivity index is 2.24. The van der Waals surface area contributed by atoms with E-state index in [9.17, 15) is 4.79 Å². The van der Waals surface area contributed by atoms with Gasteiger partial charge in [0.1, 0.15) is 11.5 Å². The van der Waals surface area contributed by atoms with Crippen molar-refractivity contribution >= 4 is 35.1 Å². The molecule has 104 valence electrons. The van der Waals surface area contributed by atoms with E-state index in [1.807, 2.05) is 23.6 Å². The van der Waals surface area contributed by atoms with Gasteiger partial charge < -0.3 is 10.2 Å². The van der Waals surface area contributed by atoms with Crippen LogP contribution in [-0.2, 0) is 0 Å². The van der Waals surface area contributed by atoms with Crippen LogP contribution in [0.1, 0.15) is 24.3 Å². The molecule has 0 aliphatic carbocycles. The van der Waals surface area contributed by atoms with Crippen molar-refractivity contribution < 1.29 is 4.79 Å². The molecule has 2 rings (SSSR count). The van der Waals surface area contributed by atoms with Crippen molar-refractivity contribution in [2.45, 2.75) is 19.9 Å². The molecule has 19 heavy (non-hydrogen) atoms. The highest BCUT2D eigenvalue weighted by molar-refractivity contribution is 7.99. The van der Waals surface area contributed by atoms with Crippen LogP contribution in [0.25, 0.3) is 0 Å². The van der Waals surface area contributed by atoms with Crippen molar-refractivity contribution in [1.82, 2.24) is 9.88 Å². The van der Waals surface area contributed by atoms with Gasteiger partial charge >= 0.3 is 0 Å². The second kappa shape index (κ2) is 6.48. The van der Waals surface area contributed by atoms with Crippen LogP contribution in [0.2, 0.25) is 5.02 Å². The number of nitrogens with one attached hydrogen (secondary N) is 1. The number of carbonyl (C=O) groups is 1. The minimum absolute atomic E-state index is 0.0717. The first-order valence-corrected chi connectivity index (χ1v) is 7.96. The Bertz CT molecular complexity index is 469. The van der Waals surface area contributed by atoms with E-state index in [-0.39, 0.29) is 11.9 Å². The van der Waals surface area contributed by atoms with Gasteiger partial charge in [0.15, 0.2) is 0 Å². The number of anilines is 1. The Morgan fingerprint density at radius 1 is 1.63 bits per heavy atom. The zero-order chi connectivity index (χ0) is 13.8. The van der Waals surface area contributed by atoms with E-state index in [2.05, 4.69) is 17.2 Å². The fourth-order valence-electron chi connectivity index (χ4n) is 2.04. The van der Waals surface area contributed by atoms with E-state index in [0.717, 1.165) is 24.6 Å². The van der Waals surface area contributed by atoms with Gasteiger partial charge in [-0.2, -0.15) is 11.8 Å². The summed E-state index contributed by atoms with van der Waals surface area (Å²) in [6.07, 6.45) is 0. The lowest BCUT2D eigenvalue weighted by atomic mass is 10.2. The first-order valence-electron chi connectivity index (χ1n) is 6.42. The predicted molar refractivity (Wildman–Crippen MR) is 81.2 cm³/mol. The SMILES string of the molecule is CCNc1ccc(Cl)c(C(=O)N2CCSCC2C)n1. The summed E-state index contributed by atoms with van der Waals surface area (Å²) in [5.74, 6) is 2.56. The molecule has 0 spiro atoms. The van der Waals surface area contributed by atoms with Crippen LogP contribution < -0.4 is 5.32 Å². The molecule has 6 heteroatoms. The molecular formula is C13H18ClN3OS. The summed E-state index contributed by atoms with van der Waals surface area (Å²) in [6, 6.07) is 3.74. The molecule has 1 amide bonds. The molecular weight excluding hydrogens is 282 g/mol. The van der Waals surface area contributed by atoms with Crippen LogP contribution in [0.4, 0.5) is 5.82 Å². The molecule has 0 bridgehead atoms. The normalized spacial score (nSPS) is 19.3. The summed E-state index contributed by atoms with van der Waals surface area (Å²) in [5, 5.41) is 3.51. The van der Waals surface area contributed by atoms with E-state index < -0.39 is 0 Å². The molecule has 1 aliphatic heterocycles. The third-order valence-electron chi connectivity index (χ3n) is 3.03. The minimum Gasteiger partial charge on any atom is -0.370 e. The van der Waals surface area contributed by atoms with E-state index in [1.165, 1.54) is 0 Å². The summed E-state index contributed by atoms with van der Waals surface area (Å²) >= 11 is 7.99. The largest absolute Gasteiger partial charge is 0.370 e. The van der Waals surface area contributed by atoms with Crippen LogP contribution in [0.3, 0.4) is 0 Å². The number of thioether (sulfide) groups is 1. The number of nitrogens with zero attached hydrogens (tertiary/aromatic N) is 2. The molecule has 1 aliphatic rings. The van der Waals surface area contributed by atoms with Gasteiger partial charge in [0.2, 0.25) is 0 Å². The van der Waals surface area contributed by atoms with E-state index in [0.29, 0.717) is 16.5 Å². The van der Waals surface area contributed by atoms with Crippen LogP contribution in [0, 0.1) is 0 Å². The molecule has 2 heterocycles. The summed E-state index contributed by atoms with van der Waals surface area (Å²) < 4.78 is 0. The average Bonchev–Trinajstić information content (AvgIpc) is 2.41. The number of rotatable bonds is 3. The highest BCUT2D eigenvalue weighted by Crippen LogP contribution is 2.22. The molecule has 0 aromatic carbocycles. The summed E-state index contributed by atoms with van der Waals surface area (Å²) in [5.41, 5.74) is 0.346. The molecule has 1 unspecified atom stereocenters. The van der Waals surface area contributed by atoms with E-state index in [1.54, 1.807) is 12.1 Å². The average molecular weight is 300 g/mol. The topological polar surface area (TPSA) is 45.2 Å². The van der Waals surface area contributed by atoms with Crippen LogP contribution >= 0.6 is 23.4 Å². The Morgan fingerprint density at radius 2 is 2.42 bits per heavy atom. The summed E-state index contributed by atoms with van der Waals surface area (Å²) in [4.78, 5) is 18.7. The smallest absolute Gasteiger partial charge is 0.274 e. The van der Waals surface area contributed by atoms with E-state index >= 15 is 0 Å². The first kappa shape index (κ1) is 14.5.